The van der Waals surface area contributed by atoms with Crippen molar-refractivity contribution in [2.24, 2.45) is 0 Å². The molecular formula is C16H17N3O3. The van der Waals surface area contributed by atoms with E-state index in [0.717, 1.165) is 0 Å². The summed E-state index contributed by atoms with van der Waals surface area (Å²) < 4.78 is 5.07. The van der Waals surface area contributed by atoms with Gasteiger partial charge in [-0.2, -0.15) is 0 Å². The van der Waals surface area contributed by atoms with E-state index >= 15 is 0 Å². The molecule has 3 N–H and O–H groups in total. The van der Waals surface area contributed by atoms with Crippen molar-refractivity contribution in [3.63, 3.8) is 0 Å². The van der Waals surface area contributed by atoms with Crippen molar-refractivity contribution in [2.75, 3.05) is 24.3 Å². The zero-order valence-electron chi connectivity index (χ0n) is 12.1. The first-order valence-corrected chi connectivity index (χ1v) is 6.71. The van der Waals surface area contributed by atoms with Gasteiger partial charge in [-0.3, -0.25) is 4.79 Å². The number of para-hydroxylation sites is 1. The molecule has 0 aliphatic heterocycles. The molecule has 2 rings (SSSR count). The van der Waals surface area contributed by atoms with Crippen LogP contribution >= 0.6 is 0 Å². The summed E-state index contributed by atoms with van der Waals surface area (Å²) in [5, 5.41) is 7.79. The summed E-state index contributed by atoms with van der Waals surface area (Å²) in [6.07, 6.45) is 0. The largest absolute Gasteiger partial charge is 0.497 e. The molecule has 3 amide bonds. The summed E-state index contributed by atoms with van der Waals surface area (Å²) >= 11 is 0. The summed E-state index contributed by atoms with van der Waals surface area (Å²) in [4.78, 5) is 23.4. The minimum absolute atomic E-state index is 0.129. The molecule has 0 heterocycles. The number of benzene rings is 2. The van der Waals surface area contributed by atoms with Crippen molar-refractivity contribution < 1.29 is 14.3 Å². The summed E-state index contributed by atoms with van der Waals surface area (Å²) in [6, 6.07) is 15.5. The van der Waals surface area contributed by atoms with Gasteiger partial charge in [0.15, 0.2) is 0 Å². The van der Waals surface area contributed by atoms with Gasteiger partial charge < -0.3 is 20.7 Å². The first kappa shape index (κ1) is 15.4. The number of hydrogen-bond donors (Lipinski definition) is 3. The van der Waals surface area contributed by atoms with E-state index < -0.39 is 6.03 Å². The van der Waals surface area contributed by atoms with Crippen LogP contribution in [0.5, 0.6) is 5.75 Å². The van der Waals surface area contributed by atoms with Gasteiger partial charge in [-0.05, 0) is 24.3 Å². The van der Waals surface area contributed by atoms with Crippen molar-refractivity contribution in [2.45, 2.75) is 0 Å². The van der Waals surface area contributed by atoms with E-state index in [9.17, 15) is 9.59 Å². The van der Waals surface area contributed by atoms with E-state index in [2.05, 4.69) is 16.0 Å². The molecule has 0 aliphatic rings. The van der Waals surface area contributed by atoms with Crippen LogP contribution in [0.15, 0.2) is 54.6 Å². The first-order chi connectivity index (χ1) is 10.7. The van der Waals surface area contributed by atoms with Gasteiger partial charge in [-0.1, -0.05) is 24.3 Å². The third-order valence-corrected chi connectivity index (χ3v) is 2.79. The van der Waals surface area contributed by atoms with Crippen LogP contribution in [-0.2, 0) is 4.79 Å². The fourth-order valence-electron chi connectivity index (χ4n) is 1.76. The lowest BCUT2D eigenvalue weighted by Gasteiger charge is -2.09. The summed E-state index contributed by atoms with van der Waals surface area (Å²) in [6.45, 7) is -0.129. The number of hydrogen-bond acceptors (Lipinski definition) is 3. The highest BCUT2D eigenvalue weighted by Crippen LogP contribution is 2.16. The van der Waals surface area contributed by atoms with Gasteiger partial charge in [0.05, 0.1) is 13.7 Å². The standard InChI is InChI=1S/C16H17N3O3/c1-22-14-9-5-8-13(10-14)18-15(20)11-17-16(21)19-12-6-3-2-4-7-12/h2-10H,11H2,1H3,(H,18,20)(H2,17,19,21). The predicted molar refractivity (Wildman–Crippen MR) is 85.1 cm³/mol. The molecule has 0 radical (unpaired) electrons. The third kappa shape index (κ3) is 4.82. The molecule has 0 aromatic heterocycles. The van der Waals surface area contributed by atoms with E-state index in [-0.39, 0.29) is 12.5 Å². The summed E-state index contributed by atoms with van der Waals surface area (Å²) in [5.74, 6) is 0.323. The number of anilines is 2. The van der Waals surface area contributed by atoms with Gasteiger partial charge in [-0.25, -0.2) is 4.79 Å². The van der Waals surface area contributed by atoms with E-state index in [0.29, 0.717) is 17.1 Å². The molecule has 2 aromatic carbocycles. The number of urea groups is 1. The second kappa shape index (κ2) is 7.68. The van der Waals surface area contributed by atoms with Crippen molar-refractivity contribution in [1.82, 2.24) is 5.32 Å². The maximum atomic E-state index is 11.8. The number of methoxy groups -OCH3 is 1. The Morgan fingerprint density at radius 3 is 2.41 bits per heavy atom. The smallest absolute Gasteiger partial charge is 0.319 e. The number of nitrogens with one attached hydrogen (secondary N) is 3. The quantitative estimate of drug-likeness (QED) is 0.793. The lowest BCUT2D eigenvalue weighted by atomic mass is 10.3. The molecule has 0 spiro atoms. The number of rotatable bonds is 5. The highest BCUT2D eigenvalue weighted by Gasteiger charge is 2.06. The van der Waals surface area contributed by atoms with Crippen LogP contribution in [0.2, 0.25) is 0 Å². The van der Waals surface area contributed by atoms with Crippen molar-refractivity contribution in [3.8, 4) is 5.75 Å². The Morgan fingerprint density at radius 2 is 1.68 bits per heavy atom. The van der Waals surface area contributed by atoms with Crippen LogP contribution in [0.25, 0.3) is 0 Å². The molecule has 114 valence electrons. The van der Waals surface area contributed by atoms with Gasteiger partial charge in [0.2, 0.25) is 5.91 Å². The Balaban J connectivity index is 1.78. The molecule has 22 heavy (non-hydrogen) atoms. The topological polar surface area (TPSA) is 79.5 Å². The molecule has 0 atom stereocenters. The highest BCUT2D eigenvalue weighted by atomic mass is 16.5. The van der Waals surface area contributed by atoms with E-state index in [1.165, 1.54) is 0 Å². The predicted octanol–water partition coefficient (Wildman–Crippen LogP) is 2.46. The lowest BCUT2D eigenvalue weighted by Crippen LogP contribution is -2.35. The Hall–Kier alpha value is -3.02. The molecule has 0 saturated carbocycles. The lowest BCUT2D eigenvalue weighted by molar-refractivity contribution is -0.115. The number of ether oxygens (including phenoxy) is 1. The van der Waals surface area contributed by atoms with Crippen LogP contribution in [0.1, 0.15) is 0 Å². The Kier molecular flexibility index (Phi) is 5.37. The zero-order chi connectivity index (χ0) is 15.8. The Morgan fingerprint density at radius 1 is 0.955 bits per heavy atom. The van der Waals surface area contributed by atoms with Gasteiger partial charge in [0.25, 0.3) is 0 Å². The van der Waals surface area contributed by atoms with Crippen LogP contribution < -0.4 is 20.7 Å². The van der Waals surface area contributed by atoms with Crippen molar-refractivity contribution in [1.29, 1.82) is 0 Å². The molecule has 0 saturated heterocycles. The molecule has 0 fully saturated rings. The molecule has 0 unspecified atom stereocenters. The molecule has 0 bridgehead atoms. The molecular weight excluding hydrogens is 282 g/mol. The van der Waals surface area contributed by atoms with E-state index in [1.54, 1.807) is 43.5 Å². The average molecular weight is 299 g/mol. The highest BCUT2D eigenvalue weighted by molar-refractivity contribution is 5.97. The van der Waals surface area contributed by atoms with Crippen LogP contribution in [0, 0.1) is 0 Å². The van der Waals surface area contributed by atoms with Gasteiger partial charge in [-0.15, -0.1) is 0 Å². The van der Waals surface area contributed by atoms with Crippen LogP contribution in [-0.4, -0.2) is 25.6 Å². The molecule has 6 heteroatoms. The minimum atomic E-state index is -0.438. The number of carbonyl (C=O) groups is 2. The van der Waals surface area contributed by atoms with Crippen LogP contribution in [0.4, 0.5) is 16.2 Å². The van der Waals surface area contributed by atoms with E-state index in [4.69, 9.17) is 4.74 Å². The maximum absolute atomic E-state index is 11.8. The fourth-order valence-corrected chi connectivity index (χ4v) is 1.76. The summed E-state index contributed by atoms with van der Waals surface area (Å²) in [7, 11) is 1.55. The molecule has 2 aromatic rings. The zero-order valence-corrected chi connectivity index (χ0v) is 12.1. The van der Waals surface area contributed by atoms with Crippen LogP contribution in [0.3, 0.4) is 0 Å². The van der Waals surface area contributed by atoms with Crippen molar-refractivity contribution >= 4 is 23.3 Å². The van der Waals surface area contributed by atoms with Gasteiger partial charge in [0.1, 0.15) is 5.75 Å². The normalized spacial score (nSPS) is 9.68. The van der Waals surface area contributed by atoms with Gasteiger partial charge in [0, 0.05) is 17.4 Å². The number of amides is 3. The number of carbonyl (C=O) groups excluding carboxylic acids is 2. The van der Waals surface area contributed by atoms with E-state index in [1.807, 2.05) is 18.2 Å². The first-order valence-electron chi connectivity index (χ1n) is 6.71. The maximum Gasteiger partial charge on any atom is 0.319 e. The molecule has 0 aliphatic carbocycles. The van der Waals surface area contributed by atoms with Gasteiger partial charge >= 0.3 is 6.03 Å². The monoisotopic (exact) mass is 299 g/mol. The Labute approximate surface area is 128 Å². The fraction of sp³-hybridized carbons (Fsp3) is 0.125. The minimum Gasteiger partial charge on any atom is -0.497 e. The average Bonchev–Trinajstić information content (AvgIpc) is 2.54. The second-order valence-electron chi connectivity index (χ2n) is 4.45. The SMILES string of the molecule is COc1cccc(NC(=O)CNC(=O)Nc2ccccc2)c1. The second-order valence-corrected chi connectivity index (χ2v) is 4.45. The third-order valence-electron chi connectivity index (χ3n) is 2.79. The molecule has 6 nitrogen and oxygen atoms in total. The Bertz CT molecular complexity index is 644. The van der Waals surface area contributed by atoms with Crippen molar-refractivity contribution in [3.05, 3.63) is 54.6 Å². The summed E-state index contributed by atoms with van der Waals surface area (Å²) in [5.41, 5.74) is 1.27.